The van der Waals surface area contributed by atoms with Crippen molar-refractivity contribution in [2.24, 2.45) is 10.7 Å². The molecule has 1 heterocycles. The number of guanidine groups is 1. The van der Waals surface area contributed by atoms with Crippen molar-refractivity contribution in [1.82, 2.24) is 9.55 Å². The van der Waals surface area contributed by atoms with Crippen LogP contribution in [0.25, 0.3) is 11.0 Å². The van der Waals surface area contributed by atoms with Crippen molar-refractivity contribution in [3.05, 3.63) is 90.3 Å². The smallest absolute Gasteiger partial charge is 0.406 e. The highest BCUT2D eigenvalue weighted by atomic mass is 127. The number of benzene rings is 3. The highest BCUT2D eigenvalue weighted by molar-refractivity contribution is 14.0. The van der Waals surface area contributed by atoms with Crippen LogP contribution in [0.2, 0.25) is 0 Å². The molecule has 0 unspecified atom stereocenters. The minimum absolute atomic E-state index is 0. The zero-order valence-electron chi connectivity index (χ0n) is 17.3. The van der Waals surface area contributed by atoms with Crippen molar-refractivity contribution in [2.45, 2.75) is 19.5 Å². The Bertz CT molecular complexity index is 1220. The van der Waals surface area contributed by atoms with Gasteiger partial charge in [0.05, 0.1) is 23.9 Å². The molecular formula is C23H21F3IN5O. The second-order valence-corrected chi connectivity index (χ2v) is 7.08. The van der Waals surface area contributed by atoms with Crippen LogP contribution in [0, 0.1) is 0 Å². The summed E-state index contributed by atoms with van der Waals surface area (Å²) in [6, 6.07) is 21.3. The van der Waals surface area contributed by atoms with E-state index in [0.717, 1.165) is 22.2 Å². The van der Waals surface area contributed by atoms with Crippen LogP contribution in [0.3, 0.4) is 0 Å². The van der Waals surface area contributed by atoms with Gasteiger partial charge in [-0.15, -0.1) is 37.1 Å². The lowest BCUT2D eigenvalue weighted by Crippen LogP contribution is -2.22. The van der Waals surface area contributed by atoms with Crippen molar-refractivity contribution in [2.75, 3.05) is 5.32 Å². The molecule has 0 aliphatic heterocycles. The van der Waals surface area contributed by atoms with Crippen LogP contribution in [0.5, 0.6) is 5.75 Å². The van der Waals surface area contributed by atoms with E-state index in [0.29, 0.717) is 18.8 Å². The molecule has 0 bridgehead atoms. The second-order valence-electron chi connectivity index (χ2n) is 7.08. The Labute approximate surface area is 205 Å². The van der Waals surface area contributed by atoms with E-state index in [9.17, 15) is 13.2 Å². The summed E-state index contributed by atoms with van der Waals surface area (Å²) in [5.41, 5.74) is 10.5. The fourth-order valence-electron chi connectivity index (χ4n) is 3.19. The standard InChI is InChI=1S/C23H20F3N5O.HI/c24-23(25,26)32-19-11-9-18(10-12-19)30-22(27)28-13-16-5-7-17(8-6-16)14-31-15-29-20-3-1-2-4-21(20)31;/h1-12,15H,13-14H2,(H3,27,28,30);1H. The summed E-state index contributed by atoms with van der Waals surface area (Å²) in [6.07, 6.45) is -2.89. The fraction of sp³-hybridized carbons (Fsp3) is 0.130. The van der Waals surface area contributed by atoms with Crippen LogP contribution in [0.4, 0.5) is 18.9 Å². The van der Waals surface area contributed by atoms with Gasteiger partial charge in [0.1, 0.15) is 5.75 Å². The molecule has 0 amide bonds. The molecule has 0 aliphatic carbocycles. The summed E-state index contributed by atoms with van der Waals surface area (Å²) in [7, 11) is 0. The number of nitrogens with zero attached hydrogens (tertiary/aromatic N) is 3. The normalized spacial score (nSPS) is 11.8. The maximum absolute atomic E-state index is 12.2. The third-order valence-electron chi connectivity index (χ3n) is 4.70. The molecule has 0 aliphatic rings. The predicted molar refractivity (Wildman–Crippen MR) is 133 cm³/mol. The number of alkyl halides is 3. The molecule has 0 atom stereocenters. The number of aliphatic imine (C=N–C) groups is 1. The SMILES string of the molecule is I.NC(=NCc1ccc(Cn2cnc3ccccc32)cc1)Nc1ccc(OC(F)(F)F)cc1. The van der Waals surface area contributed by atoms with Gasteiger partial charge in [0, 0.05) is 12.2 Å². The number of imidazole rings is 1. The zero-order valence-corrected chi connectivity index (χ0v) is 19.6. The maximum Gasteiger partial charge on any atom is 0.573 e. The van der Waals surface area contributed by atoms with Crippen LogP contribution in [-0.4, -0.2) is 21.9 Å². The monoisotopic (exact) mass is 567 g/mol. The highest BCUT2D eigenvalue weighted by Gasteiger charge is 2.30. The van der Waals surface area contributed by atoms with Gasteiger partial charge < -0.3 is 20.4 Å². The molecule has 0 saturated carbocycles. The van der Waals surface area contributed by atoms with Gasteiger partial charge in [-0.1, -0.05) is 36.4 Å². The Morgan fingerprint density at radius 2 is 1.64 bits per heavy atom. The summed E-state index contributed by atoms with van der Waals surface area (Å²) in [5, 5.41) is 2.84. The third-order valence-corrected chi connectivity index (χ3v) is 4.70. The number of hydrogen-bond acceptors (Lipinski definition) is 3. The summed E-state index contributed by atoms with van der Waals surface area (Å²) in [6.45, 7) is 1.07. The first kappa shape index (κ1) is 24.4. The summed E-state index contributed by atoms with van der Waals surface area (Å²) >= 11 is 0. The van der Waals surface area contributed by atoms with Gasteiger partial charge in [0.25, 0.3) is 0 Å². The third kappa shape index (κ3) is 6.85. The van der Waals surface area contributed by atoms with Gasteiger partial charge in [0.2, 0.25) is 0 Å². The van der Waals surface area contributed by atoms with Crippen LogP contribution < -0.4 is 15.8 Å². The minimum atomic E-state index is -4.72. The van der Waals surface area contributed by atoms with Crippen molar-refractivity contribution in [1.29, 1.82) is 0 Å². The van der Waals surface area contributed by atoms with Gasteiger partial charge in [-0.2, -0.15) is 0 Å². The van der Waals surface area contributed by atoms with E-state index in [4.69, 9.17) is 5.73 Å². The molecule has 4 rings (SSSR count). The number of rotatable bonds is 6. The largest absolute Gasteiger partial charge is 0.573 e. The first-order valence-corrected chi connectivity index (χ1v) is 9.76. The molecule has 6 nitrogen and oxygen atoms in total. The van der Waals surface area contributed by atoms with E-state index in [1.54, 1.807) is 0 Å². The molecule has 0 fully saturated rings. The maximum atomic E-state index is 12.2. The molecular weight excluding hydrogens is 546 g/mol. The van der Waals surface area contributed by atoms with E-state index in [2.05, 4.69) is 24.6 Å². The van der Waals surface area contributed by atoms with Gasteiger partial charge in [-0.3, -0.25) is 0 Å². The number of hydrogen-bond donors (Lipinski definition) is 2. The first-order chi connectivity index (χ1) is 15.4. The molecule has 3 N–H and O–H groups in total. The highest BCUT2D eigenvalue weighted by Crippen LogP contribution is 2.24. The van der Waals surface area contributed by atoms with Crippen molar-refractivity contribution < 1.29 is 17.9 Å². The van der Waals surface area contributed by atoms with E-state index >= 15 is 0 Å². The van der Waals surface area contributed by atoms with E-state index < -0.39 is 6.36 Å². The number of nitrogens with two attached hydrogens (primary N) is 1. The number of anilines is 1. The number of aromatic nitrogens is 2. The molecule has 172 valence electrons. The van der Waals surface area contributed by atoms with E-state index in [1.807, 2.05) is 54.9 Å². The molecule has 1 aromatic heterocycles. The van der Waals surface area contributed by atoms with Crippen molar-refractivity contribution >= 4 is 46.7 Å². The molecule has 0 spiro atoms. The van der Waals surface area contributed by atoms with Gasteiger partial charge in [0.15, 0.2) is 5.96 Å². The molecule has 0 saturated heterocycles. The number of para-hydroxylation sites is 2. The Balaban J connectivity index is 0.00000306. The van der Waals surface area contributed by atoms with Crippen LogP contribution in [0.15, 0.2) is 84.1 Å². The van der Waals surface area contributed by atoms with E-state index in [-0.39, 0.29) is 35.7 Å². The lowest BCUT2D eigenvalue weighted by Gasteiger charge is -2.10. The first-order valence-electron chi connectivity index (χ1n) is 9.76. The zero-order chi connectivity index (χ0) is 22.6. The Morgan fingerprint density at radius 3 is 2.33 bits per heavy atom. The lowest BCUT2D eigenvalue weighted by molar-refractivity contribution is -0.274. The number of nitrogens with one attached hydrogen (secondary N) is 1. The van der Waals surface area contributed by atoms with Crippen molar-refractivity contribution in [3.63, 3.8) is 0 Å². The minimum Gasteiger partial charge on any atom is -0.406 e. The average Bonchev–Trinajstić information content (AvgIpc) is 3.17. The Morgan fingerprint density at radius 1 is 0.970 bits per heavy atom. The fourth-order valence-corrected chi connectivity index (χ4v) is 3.19. The Kier molecular flexibility index (Phi) is 7.79. The lowest BCUT2D eigenvalue weighted by atomic mass is 10.1. The molecule has 0 radical (unpaired) electrons. The molecule has 3 aromatic carbocycles. The second kappa shape index (κ2) is 10.6. The van der Waals surface area contributed by atoms with Crippen LogP contribution in [-0.2, 0) is 13.1 Å². The predicted octanol–water partition coefficient (Wildman–Crippen LogP) is 5.53. The number of fused-ring (bicyclic) bond motifs is 1. The number of halogens is 4. The van der Waals surface area contributed by atoms with Crippen molar-refractivity contribution in [3.8, 4) is 5.75 Å². The topological polar surface area (TPSA) is 77.5 Å². The summed E-state index contributed by atoms with van der Waals surface area (Å²) < 4.78 is 42.6. The van der Waals surface area contributed by atoms with Gasteiger partial charge in [-0.25, -0.2) is 9.98 Å². The van der Waals surface area contributed by atoms with Crippen LogP contribution in [0.1, 0.15) is 11.1 Å². The Hall–Kier alpha value is -3.28. The molecule has 10 heteroatoms. The number of ether oxygens (including phenoxy) is 1. The van der Waals surface area contributed by atoms with Crippen LogP contribution >= 0.6 is 24.0 Å². The average molecular weight is 567 g/mol. The summed E-state index contributed by atoms with van der Waals surface area (Å²) in [4.78, 5) is 8.68. The van der Waals surface area contributed by atoms with E-state index in [1.165, 1.54) is 24.3 Å². The summed E-state index contributed by atoms with van der Waals surface area (Å²) in [5.74, 6) is -0.147. The van der Waals surface area contributed by atoms with Gasteiger partial charge in [-0.05, 0) is 47.5 Å². The molecule has 33 heavy (non-hydrogen) atoms. The van der Waals surface area contributed by atoms with Gasteiger partial charge >= 0.3 is 6.36 Å². The quantitative estimate of drug-likeness (QED) is 0.183. The molecule has 4 aromatic rings.